The second-order valence-corrected chi connectivity index (χ2v) is 7.08. The summed E-state index contributed by atoms with van der Waals surface area (Å²) in [6.45, 7) is 12.5. The van der Waals surface area contributed by atoms with E-state index in [9.17, 15) is 4.79 Å². The minimum Gasteiger partial charge on any atom is -0.492 e. The van der Waals surface area contributed by atoms with Crippen molar-refractivity contribution < 1.29 is 9.53 Å². The largest absolute Gasteiger partial charge is 0.492 e. The Morgan fingerprint density at radius 1 is 1.24 bits per heavy atom. The molecule has 0 radical (unpaired) electrons. The van der Waals surface area contributed by atoms with Crippen molar-refractivity contribution in [2.24, 2.45) is 11.3 Å². The van der Waals surface area contributed by atoms with Gasteiger partial charge < -0.3 is 4.74 Å². The molecule has 0 aromatic heterocycles. The number of hydrogen-bond donors (Lipinski definition) is 2. The Hall–Kier alpha value is -1.55. The summed E-state index contributed by atoms with van der Waals surface area (Å²) in [6.07, 6.45) is 0.991. The van der Waals surface area contributed by atoms with Crippen LogP contribution in [0, 0.1) is 5.41 Å². The van der Waals surface area contributed by atoms with E-state index in [1.54, 1.807) is 0 Å². The summed E-state index contributed by atoms with van der Waals surface area (Å²) in [4.78, 5) is 11.7. The molecule has 1 aromatic rings. The summed E-state index contributed by atoms with van der Waals surface area (Å²) in [6, 6.07) is 6.25. The van der Waals surface area contributed by atoms with Gasteiger partial charge in [0, 0.05) is 0 Å². The van der Waals surface area contributed by atoms with Gasteiger partial charge in [-0.25, -0.2) is 5.84 Å². The monoisotopic (exact) mass is 292 g/mol. The molecule has 0 unspecified atom stereocenters. The third-order valence-corrected chi connectivity index (χ3v) is 3.59. The SMILES string of the molecule is CCc1ccc(OCC(C)(C)C(=O)NN)c(C(C)(C)C)c1. The lowest BCUT2D eigenvalue weighted by Gasteiger charge is -2.27. The van der Waals surface area contributed by atoms with E-state index in [4.69, 9.17) is 10.6 Å². The molecule has 4 nitrogen and oxygen atoms in total. The normalized spacial score (nSPS) is 12.1. The molecule has 0 aliphatic heterocycles. The standard InChI is InChI=1S/C17H28N2O2/c1-7-12-8-9-14(13(10-12)16(2,3)4)21-11-17(5,6)15(20)19-18/h8-10H,7,11,18H2,1-6H3,(H,19,20). The highest BCUT2D eigenvalue weighted by molar-refractivity contribution is 5.81. The second-order valence-electron chi connectivity index (χ2n) is 7.08. The van der Waals surface area contributed by atoms with E-state index in [2.05, 4.69) is 45.3 Å². The Morgan fingerprint density at radius 2 is 1.86 bits per heavy atom. The van der Waals surface area contributed by atoms with Gasteiger partial charge in [0.05, 0.1) is 5.41 Å². The fourth-order valence-electron chi connectivity index (χ4n) is 2.03. The van der Waals surface area contributed by atoms with E-state index in [-0.39, 0.29) is 17.9 Å². The zero-order valence-electron chi connectivity index (χ0n) is 14.0. The van der Waals surface area contributed by atoms with Crippen LogP contribution in [-0.2, 0) is 16.6 Å². The van der Waals surface area contributed by atoms with E-state index in [0.717, 1.165) is 17.7 Å². The molecule has 0 fully saturated rings. The van der Waals surface area contributed by atoms with Crippen molar-refractivity contribution in [2.45, 2.75) is 53.4 Å². The molecular formula is C17H28N2O2. The van der Waals surface area contributed by atoms with Gasteiger partial charge in [-0.1, -0.05) is 39.8 Å². The number of ether oxygens (including phenoxy) is 1. The first kappa shape index (κ1) is 17.5. The Bertz CT molecular complexity index is 502. The van der Waals surface area contributed by atoms with Gasteiger partial charge in [-0.3, -0.25) is 10.2 Å². The van der Waals surface area contributed by atoms with Crippen LogP contribution in [0.2, 0.25) is 0 Å². The molecule has 1 amide bonds. The number of rotatable bonds is 5. The first-order valence-corrected chi connectivity index (χ1v) is 7.39. The molecule has 118 valence electrons. The molecule has 4 heteroatoms. The van der Waals surface area contributed by atoms with E-state index in [1.807, 2.05) is 19.9 Å². The number of benzene rings is 1. The summed E-state index contributed by atoms with van der Waals surface area (Å²) in [5, 5.41) is 0. The summed E-state index contributed by atoms with van der Waals surface area (Å²) in [5.41, 5.74) is 3.94. The number of hydrogen-bond acceptors (Lipinski definition) is 3. The third kappa shape index (κ3) is 4.46. The summed E-state index contributed by atoms with van der Waals surface area (Å²) in [5.74, 6) is 5.81. The average Bonchev–Trinajstić information content (AvgIpc) is 2.43. The van der Waals surface area contributed by atoms with Crippen molar-refractivity contribution >= 4 is 5.91 Å². The van der Waals surface area contributed by atoms with Gasteiger partial charge in [0.25, 0.3) is 0 Å². The Morgan fingerprint density at radius 3 is 2.33 bits per heavy atom. The van der Waals surface area contributed by atoms with E-state index in [1.165, 1.54) is 5.56 Å². The molecule has 0 spiro atoms. The molecule has 0 saturated heterocycles. The van der Waals surface area contributed by atoms with Crippen LogP contribution in [0.1, 0.15) is 52.7 Å². The minimum atomic E-state index is -0.673. The Kier molecular flexibility index (Phi) is 5.40. The molecule has 1 aromatic carbocycles. The molecule has 0 atom stereocenters. The number of carbonyl (C=O) groups is 1. The van der Waals surface area contributed by atoms with Crippen molar-refractivity contribution in [3.8, 4) is 5.75 Å². The number of hydrazine groups is 1. The second kappa shape index (κ2) is 6.48. The van der Waals surface area contributed by atoms with Crippen LogP contribution in [0.4, 0.5) is 0 Å². The molecule has 0 saturated carbocycles. The van der Waals surface area contributed by atoms with Crippen LogP contribution in [0.25, 0.3) is 0 Å². The van der Waals surface area contributed by atoms with Crippen LogP contribution in [0.15, 0.2) is 18.2 Å². The van der Waals surface area contributed by atoms with Crippen LogP contribution in [0.3, 0.4) is 0 Å². The lowest BCUT2D eigenvalue weighted by molar-refractivity contribution is -0.130. The number of aryl methyl sites for hydroxylation is 1. The highest BCUT2D eigenvalue weighted by Gasteiger charge is 2.29. The number of carbonyl (C=O) groups excluding carboxylic acids is 1. The summed E-state index contributed by atoms with van der Waals surface area (Å²) >= 11 is 0. The zero-order chi connectivity index (χ0) is 16.3. The first-order chi connectivity index (χ1) is 9.61. The molecule has 0 bridgehead atoms. The van der Waals surface area contributed by atoms with Crippen molar-refractivity contribution in [3.63, 3.8) is 0 Å². The number of amides is 1. The predicted octanol–water partition coefficient (Wildman–Crippen LogP) is 2.94. The average molecular weight is 292 g/mol. The lowest BCUT2D eigenvalue weighted by atomic mass is 9.85. The fraction of sp³-hybridized carbons (Fsp3) is 0.588. The summed E-state index contributed by atoms with van der Waals surface area (Å²) < 4.78 is 5.93. The highest BCUT2D eigenvalue weighted by atomic mass is 16.5. The molecule has 1 rings (SSSR count). The van der Waals surface area contributed by atoms with Gasteiger partial charge in [-0.15, -0.1) is 0 Å². The molecule has 21 heavy (non-hydrogen) atoms. The van der Waals surface area contributed by atoms with E-state index >= 15 is 0 Å². The van der Waals surface area contributed by atoms with Gasteiger partial charge >= 0.3 is 0 Å². The van der Waals surface area contributed by atoms with Gasteiger partial charge in [0.15, 0.2) is 0 Å². The van der Waals surface area contributed by atoms with Crippen molar-refractivity contribution in [2.75, 3.05) is 6.61 Å². The maximum Gasteiger partial charge on any atom is 0.242 e. The summed E-state index contributed by atoms with van der Waals surface area (Å²) in [7, 11) is 0. The zero-order valence-corrected chi connectivity index (χ0v) is 14.0. The quantitative estimate of drug-likeness (QED) is 0.498. The maximum absolute atomic E-state index is 11.7. The van der Waals surface area contributed by atoms with Crippen LogP contribution < -0.4 is 16.0 Å². The van der Waals surface area contributed by atoms with Gasteiger partial charge in [0.2, 0.25) is 5.91 Å². The van der Waals surface area contributed by atoms with E-state index < -0.39 is 5.41 Å². The molecule has 0 heterocycles. The number of nitrogens with one attached hydrogen (secondary N) is 1. The predicted molar refractivity (Wildman–Crippen MR) is 86.1 cm³/mol. The van der Waals surface area contributed by atoms with Gasteiger partial charge in [-0.05, 0) is 42.9 Å². The molecule has 3 N–H and O–H groups in total. The maximum atomic E-state index is 11.7. The van der Waals surface area contributed by atoms with Crippen LogP contribution >= 0.6 is 0 Å². The molecule has 0 aliphatic carbocycles. The van der Waals surface area contributed by atoms with Crippen molar-refractivity contribution in [1.82, 2.24) is 5.43 Å². The third-order valence-electron chi connectivity index (χ3n) is 3.59. The van der Waals surface area contributed by atoms with Gasteiger partial charge in [0.1, 0.15) is 12.4 Å². The lowest BCUT2D eigenvalue weighted by Crippen LogP contribution is -2.44. The minimum absolute atomic E-state index is 0.0131. The van der Waals surface area contributed by atoms with Crippen molar-refractivity contribution in [3.05, 3.63) is 29.3 Å². The topological polar surface area (TPSA) is 64.3 Å². The smallest absolute Gasteiger partial charge is 0.242 e. The van der Waals surface area contributed by atoms with E-state index in [0.29, 0.717) is 0 Å². The highest BCUT2D eigenvalue weighted by Crippen LogP contribution is 2.33. The van der Waals surface area contributed by atoms with Crippen molar-refractivity contribution in [1.29, 1.82) is 0 Å². The molecular weight excluding hydrogens is 264 g/mol. The van der Waals surface area contributed by atoms with Crippen LogP contribution in [-0.4, -0.2) is 12.5 Å². The Labute approximate surface area is 128 Å². The van der Waals surface area contributed by atoms with Gasteiger partial charge in [-0.2, -0.15) is 0 Å². The van der Waals surface area contributed by atoms with Crippen LogP contribution in [0.5, 0.6) is 5.75 Å². The number of nitrogens with two attached hydrogens (primary N) is 1. The Balaban J connectivity index is 3.01. The molecule has 0 aliphatic rings. The first-order valence-electron chi connectivity index (χ1n) is 7.39. The fourth-order valence-corrected chi connectivity index (χ4v) is 2.03.